The maximum Gasteiger partial charge on any atom is 0.329 e. The first-order chi connectivity index (χ1) is 14.9. The molecule has 2 saturated carbocycles. The number of ether oxygens (including phenoxy) is 1. The van der Waals surface area contributed by atoms with Crippen molar-refractivity contribution < 1.29 is 17.9 Å². The largest absolute Gasteiger partial charge is 0.459 e. The van der Waals surface area contributed by atoms with Crippen molar-refractivity contribution in [1.82, 2.24) is 4.57 Å². The zero-order chi connectivity index (χ0) is 21.8. The highest BCUT2D eigenvalue weighted by atomic mass is 32.2. The number of nitrogens with zero attached hydrogens (tertiary/aromatic N) is 1. The Labute approximate surface area is 183 Å². The molecule has 0 amide bonds. The maximum absolute atomic E-state index is 13.0. The molecule has 0 bridgehead atoms. The third-order valence-corrected chi connectivity index (χ3v) is 8.86. The van der Waals surface area contributed by atoms with Gasteiger partial charge in [-0.25, -0.2) is 13.2 Å². The van der Waals surface area contributed by atoms with Crippen LogP contribution < -0.4 is 5.56 Å². The van der Waals surface area contributed by atoms with Crippen molar-refractivity contribution in [3.63, 3.8) is 0 Å². The number of hydrogen-bond donors (Lipinski definition) is 0. The van der Waals surface area contributed by atoms with Crippen molar-refractivity contribution in [3.8, 4) is 0 Å². The van der Waals surface area contributed by atoms with Gasteiger partial charge in [-0.2, -0.15) is 0 Å². The van der Waals surface area contributed by atoms with Crippen molar-refractivity contribution in [3.05, 3.63) is 64.6 Å². The summed E-state index contributed by atoms with van der Waals surface area (Å²) in [5.74, 6) is -0.0907. The maximum atomic E-state index is 13.0. The summed E-state index contributed by atoms with van der Waals surface area (Å²) in [6.45, 7) is 0.143. The highest BCUT2D eigenvalue weighted by Crippen LogP contribution is 2.33. The van der Waals surface area contributed by atoms with E-state index < -0.39 is 32.7 Å². The lowest BCUT2D eigenvalue weighted by atomic mass is 9.98. The number of sulfone groups is 1. The Hall–Kier alpha value is -2.41. The van der Waals surface area contributed by atoms with Gasteiger partial charge in [0.05, 0.1) is 10.1 Å². The van der Waals surface area contributed by atoms with Crippen LogP contribution in [-0.2, 0) is 26.0 Å². The summed E-state index contributed by atoms with van der Waals surface area (Å²) < 4.78 is 32.3. The van der Waals surface area contributed by atoms with E-state index in [2.05, 4.69) is 0 Å². The third kappa shape index (κ3) is 4.92. The number of rotatable bonds is 8. The van der Waals surface area contributed by atoms with Gasteiger partial charge in [-0.1, -0.05) is 62.4 Å². The second-order valence-electron chi connectivity index (χ2n) is 8.70. The van der Waals surface area contributed by atoms with Gasteiger partial charge in [0.15, 0.2) is 9.84 Å². The van der Waals surface area contributed by atoms with Gasteiger partial charge in [-0.15, -0.1) is 0 Å². The van der Waals surface area contributed by atoms with Gasteiger partial charge in [0, 0.05) is 12.3 Å². The molecule has 1 atom stereocenters. The van der Waals surface area contributed by atoms with Crippen LogP contribution in [0.5, 0.6) is 0 Å². The normalized spacial score (nSPS) is 18.5. The Kier molecular flexibility index (Phi) is 6.60. The molecule has 1 aromatic heterocycles. The molecule has 2 aliphatic carbocycles. The zero-order valence-corrected chi connectivity index (χ0v) is 18.4. The molecule has 6 nitrogen and oxygen atoms in total. The summed E-state index contributed by atoms with van der Waals surface area (Å²) in [5.41, 5.74) is 0.407. The number of esters is 1. The fourth-order valence-electron chi connectivity index (χ4n) is 4.49. The molecule has 4 rings (SSSR count). The first-order valence-electron chi connectivity index (χ1n) is 11.1. The topological polar surface area (TPSA) is 82.4 Å². The summed E-state index contributed by atoms with van der Waals surface area (Å²) in [6, 6.07) is 11.3. The Morgan fingerprint density at radius 2 is 1.74 bits per heavy atom. The van der Waals surface area contributed by atoms with Crippen LogP contribution >= 0.6 is 0 Å². The molecule has 2 fully saturated rings. The molecule has 0 spiro atoms. The molecular formula is C24H29NO5S. The van der Waals surface area contributed by atoms with Gasteiger partial charge in [0.1, 0.15) is 12.6 Å². The number of benzene rings is 1. The van der Waals surface area contributed by atoms with Crippen LogP contribution in [0.3, 0.4) is 0 Å². The molecule has 2 aliphatic rings. The standard InChI is InChI=1S/C24H29NO5S/c26-23-16-21(31(28,29)20-11-6-12-20)13-14-25(23)22(15-18-7-4-5-8-18)24(27)30-17-19-9-2-1-3-10-19/h1-3,9-10,13-14,16,18,20,22H,4-8,11-12,15,17H2/t22-/m0/s1. The lowest BCUT2D eigenvalue weighted by Gasteiger charge is -2.26. The lowest BCUT2D eigenvalue weighted by Crippen LogP contribution is -2.34. The molecule has 31 heavy (non-hydrogen) atoms. The SMILES string of the molecule is O=C(OCc1ccccc1)[C@H](CC1CCCC1)n1ccc(S(=O)(=O)C2CCC2)cc1=O. The van der Waals surface area contributed by atoms with Crippen molar-refractivity contribution >= 4 is 15.8 Å². The second kappa shape index (κ2) is 9.39. The average Bonchev–Trinajstić information content (AvgIpc) is 3.23. The number of carbonyl (C=O) groups excluding carboxylic acids is 1. The lowest BCUT2D eigenvalue weighted by molar-refractivity contribution is -0.149. The van der Waals surface area contributed by atoms with Crippen LogP contribution in [0.25, 0.3) is 0 Å². The number of hydrogen-bond acceptors (Lipinski definition) is 5. The highest BCUT2D eigenvalue weighted by molar-refractivity contribution is 7.92. The number of pyridine rings is 1. The zero-order valence-electron chi connectivity index (χ0n) is 17.6. The fourth-order valence-corrected chi connectivity index (χ4v) is 6.34. The average molecular weight is 444 g/mol. The monoisotopic (exact) mass is 443 g/mol. The van der Waals surface area contributed by atoms with Crippen LogP contribution in [0.2, 0.25) is 0 Å². The van der Waals surface area contributed by atoms with Gasteiger partial charge in [-0.3, -0.25) is 4.79 Å². The van der Waals surface area contributed by atoms with Gasteiger partial charge < -0.3 is 9.30 Å². The predicted molar refractivity (Wildman–Crippen MR) is 117 cm³/mol. The van der Waals surface area contributed by atoms with Gasteiger partial charge in [0.25, 0.3) is 5.56 Å². The van der Waals surface area contributed by atoms with E-state index in [1.807, 2.05) is 30.3 Å². The van der Waals surface area contributed by atoms with Gasteiger partial charge >= 0.3 is 5.97 Å². The van der Waals surface area contributed by atoms with Gasteiger partial charge in [-0.05, 0) is 36.8 Å². The molecule has 0 saturated heterocycles. The highest BCUT2D eigenvalue weighted by Gasteiger charge is 2.34. The molecule has 2 aromatic rings. The smallest absolute Gasteiger partial charge is 0.329 e. The van der Waals surface area contributed by atoms with E-state index in [1.165, 1.54) is 22.9 Å². The van der Waals surface area contributed by atoms with E-state index in [1.54, 1.807) is 0 Å². The summed E-state index contributed by atoms with van der Waals surface area (Å²) >= 11 is 0. The van der Waals surface area contributed by atoms with E-state index in [0.717, 1.165) is 37.7 Å². The summed E-state index contributed by atoms with van der Waals surface area (Å²) in [5, 5.41) is -0.395. The van der Waals surface area contributed by atoms with Crippen molar-refractivity contribution in [2.24, 2.45) is 5.92 Å². The summed E-state index contributed by atoms with van der Waals surface area (Å²) in [6.07, 6.45) is 8.49. The first kappa shape index (κ1) is 21.8. The second-order valence-corrected chi connectivity index (χ2v) is 10.9. The quantitative estimate of drug-likeness (QED) is 0.575. The Bertz CT molecular complexity index is 1070. The van der Waals surface area contributed by atoms with E-state index in [-0.39, 0.29) is 11.5 Å². The molecule has 0 N–H and O–H groups in total. The van der Waals surface area contributed by atoms with Crippen molar-refractivity contribution in [2.45, 2.75) is 74.2 Å². The van der Waals surface area contributed by atoms with Crippen LogP contribution in [0.4, 0.5) is 0 Å². The van der Waals surface area contributed by atoms with Crippen molar-refractivity contribution in [1.29, 1.82) is 0 Å². The van der Waals surface area contributed by atoms with Crippen LogP contribution in [-0.4, -0.2) is 24.2 Å². The van der Waals surface area contributed by atoms with E-state index >= 15 is 0 Å². The molecular weight excluding hydrogens is 414 g/mol. The molecule has 1 heterocycles. The van der Waals surface area contributed by atoms with E-state index in [0.29, 0.717) is 25.2 Å². The molecule has 166 valence electrons. The third-order valence-electron chi connectivity index (χ3n) is 6.60. The van der Waals surface area contributed by atoms with E-state index in [4.69, 9.17) is 4.74 Å². The molecule has 0 radical (unpaired) electrons. The van der Waals surface area contributed by atoms with Crippen molar-refractivity contribution in [2.75, 3.05) is 0 Å². The van der Waals surface area contributed by atoms with Gasteiger partial charge in [0.2, 0.25) is 0 Å². The Morgan fingerprint density at radius 3 is 2.35 bits per heavy atom. The predicted octanol–water partition coefficient (Wildman–Crippen LogP) is 4.04. The molecule has 0 unspecified atom stereocenters. The fraction of sp³-hybridized carbons (Fsp3) is 0.500. The summed E-state index contributed by atoms with van der Waals surface area (Å²) in [4.78, 5) is 26.0. The molecule has 7 heteroatoms. The Morgan fingerprint density at radius 1 is 1.03 bits per heavy atom. The van der Waals surface area contributed by atoms with Crippen LogP contribution in [0, 0.1) is 5.92 Å². The minimum atomic E-state index is -3.49. The van der Waals surface area contributed by atoms with E-state index in [9.17, 15) is 18.0 Å². The number of carbonyl (C=O) groups is 1. The number of aromatic nitrogens is 1. The van der Waals surface area contributed by atoms with Crippen LogP contribution in [0.1, 0.15) is 63.0 Å². The Balaban J connectivity index is 1.56. The summed E-state index contributed by atoms with van der Waals surface area (Å²) in [7, 11) is -3.49. The minimum Gasteiger partial charge on any atom is -0.459 e. The molecule has 1 aromatic carbocycles. The van der Waals surface area contributed by atoms with Crippen LogP contribution in [0.15, 0.2) is 58.4 Å². The first-order valence-corrected chi connectivity index (χ1v) is 12.7. The molecule has 0 aliphatic heterocycles. The minimum absolute atomic E-state index is 0.0516.